The highest BCUT2D eigenvalue weighted by Crippen LogP contribution is 2.35. The quantitative estimate of drug-likeness (QED) is 0.415. The summed E-state index contributed by atoms with van der Waals surface area (Å²) in [6.45, 7) is 7.31. The van der Waals surface area contributed by atoms with Crippen LogP contribution >= 0.6 is 0 Å². The fourth-order valence-corrected chi connectivity index (χ4v) is 4.88. The van der Waals surface area contributed by atoms with Crippen molar-refractivity contribution in [2.24, 2.45) is 17.6 Å². The molecule has 4 rings (SSSR count). The Labute approximate surface area is 218 Å². The van der Waals surface area contributed by atoms with Gasteiger partial charge < -0.3 is 20.9 Å². The molecule has 0 saturated carbocycles. The molecule has 1 saturated heterocycles. The van der Waals surface area contributed by atoms with Gasteiger partial charge in [0.25, 0.3) is 0 Å². The third-order valence-corrected chi connectivity index (χ3v) is 6.98. The van der Waals surface area contributed by atoms with E-state index in [9.17, 15) is 23.2 Å². The van der Waals surface area contributed by atoms with Crippen molar-refractivity contribution in [1.29, 1.82) is 5.26 Å². The number of nitrogens with two attached hydrogens (primary N) is 1. The summed E-state index contributed by atoms with van der Waals surface area (Å²) in [5, 5.41) is 13.1. The number of amides is 1. The number of hydrogen-bond donors (Lipinski definition) is 3. The molecule has 0 aliphatic carbocycles. The lowest BCUT2D eigenvalue weighted by molar-refractivity contribution is -0.137. The Hall–Kier alpha value is -3.72. The van der Waals surface area contributed by atoms with E-state index in [1.54, 1.807) is 0 Å². The van der Waals surface area contributed by atoms with Gasteiger partial charge >= 0.3 is 6.18 Å². The summed E-state index contributed by atoms with van der Waals surface area (Å²) in [6.07, 6.45) is 1.27. The van der Waals surface area contributed by atoms with Crippen LogP contribution in [0.1, 0.15) is 51.2 Å². The van der Waals surface area contributed by atoms with Crippen LogP contribution in [0.3, 0.4) is 0 Å². The number of carbonyl (C=O) groups excluding carboxylic acids is 1. The Bertz CT molecular complexity index is 1340. The van der Waals surface area contributed by atoms with Crippen LogP contribution in [0.2, 0.25) is 0 Å². The number of aromatic amines is 1. The van der Waals surface area contributed by atoms with E-state index in [2.05, 4.69) is 25.3 Å². The maximum Gasteiger partial charge on any atom is 0.417 e. The van der Waals surface area contributed by atoms with Crippen LogP contribution in [-0.2, 0) is 11.0 Å². The van der Waals surface area contributed by atoms with Crippen LogP contribution in [0.4, 0.5) is 19.1 Å². The average molecular weight is 529 g/mol. The second-order valence-corrected chi connectivity index (χ2v) is 10.2. The number of hydrogen-bond acceptors (Lipinski definition) is 7. The van der Waals surface area contributed by atoms with E-state index in [0.717, 1.165) is 25.1 Å². The fourth-order valence-electron chi connectivity index (χ4n) is 4.88. The predicted octanol–water partition coefficient (Wildman–Crippen LogP) is 4.32. The summed E-state index contributed by atoms with van der Waals surface area (Å²) in [5.41, 5.74) is 6.13. The van der Waals surface area contributed by atoms with E-state index in [-0.39, 0.29) is 46.1 Å². The fraction of sp³-hybridized carbons (Fsp3) is 0.500. The molecule has 0 aromatic carbocycles. The van der Waals surface area contributed by atoms with Crippen LogP contribution in [0, 0.1) is 23.2 Å². The first kappa shape index (κ1) is 27.3. The number of aromatic nitrogens is 4. The van der Waals surface area contributed by atoms with E-state index in [0.29, 0.717) is 31.0 Å². The van der Waals surface area contributed by atoms with Gasteiger partial charge in [-0.3, -0.25) is 4.79 Å². The van der Waals surface area contributed by atoms with Gasteiger partial charge in [-0.05, 0) is 44.1 Å². The third kappa shape index (κ3) is 5.88. The predicted molar refractivity (Wildman–Crippen MR) is 137 cm³/mol. The van der Waals surface area contributed by atoms with Crippen molar-refractivity contribution >= 4 is 22.9 Å². The number of piperidine rings is 1. The van der Waals surface area contributed by atoms with Crippen molar-refractivity contribution in [3.63, 3.8) is 0 Å². The molecule has 3 aromatic rings. The van der Waals surface area contributed by atoms with Crippen LogP contribution in [-0.4, -0.2) is 55.9 Å². The first-order valence-electron chi connectivity index (χ1n) is 12.6. The molecule has 4 heterocycles. The van der Waals surface area contributed by atoms with Gasteiger partial charge in [-0.1, -0.05) is 13.8 Å². The van der Waals surface area contributed by atoms with Crippen molar-refractivity contribution in [3.05, 3.63) is 35.8 Å². The molecular formula is C26H31F3N8O. The van der Waals surface area contributed by atoms with E-state index in [4.69, 9.17) is 5.73 Å². The monoisotopic (exact) mass is 528 g/mol. The minimum absolute atomic E-state index is 0.0141. The van der Waals surface area contributed by atoms with Gasteiger partial charge in [0.05, 0.1) is 29.1 Å². The number of alkyl halides is 3. The van der Waals surface area contributed by atoms with Crippen LogP contribution in [0.25, 0.3) is 22.3 Å². The zero-order chi connectivity index (χ0) is 27.6. The molecule has 2 atom stereocenters. The molecule has 0 radical (unpaired) electrons. The number of anilines is 1. The number of nitrogens with one attached hydrogen (secondary N) is 2. The van der Waals surface area contributed by atoms with Crippen LogP contribution in [0.5, 0.6) is 0 Å². The van der Waals surface area contributed by atoms with Gasteiger partial charge in [0.2, 0.25) is 11.9 Å². The van der Waals surface area contributed by atoms with Crippen LogP contribution in [0.15, 0.2) is 24.7 Å². The first-order chi connectivity index (χ1) is 18.0. The lowest BCUT2D eigenvalue weighted by Gasteiger charge is -2.36. The third-order valence-electron chi connectivity index (χ3n) is 6.98. The Balaban J connectivity index is 1.49. The molecule has 1 fully saturated rings. The Morgan fingerprint density at radius 2 is 1.97 bits per heavy atom. The summed E-state index contributed by atoms with van der Waals surface area (Å²) in [4.78, 5) is 30.0. The lowest BCUT2D eigenvalue weighted by atomic mass is 9.90. The van der Waals surface area contributed by atoms with Crippen molar-refractivity contribution in [2.45, 2.75) is 58.3 Å². The molecular weight excluding hydrogens is 497 g/mol. The van der Waals surface area contributed by atoms with Crippen molar-refractivity contribution in [2.75, 3.05) is 18.4 Å². The van der Waals surface area contributed by atoms with E-state index in [1.165, 1.54) is 12.4 Å². The van der Waals surface area contributed by atoms with E-state index >= 15 is 0 Å². The van der Waals surface area contributed by atoms with Crippen molar-refractivity contribution < 1.29 is 18.0 Å². The summed E-state index contributed by atoms with van der Waals surface area (Å²) in [7, 11) is 0. The maximum atomic E-state index is 13.3. The van der Waals surface area contributed by atoms with Gasteiger partial charge in [-0.2, -0.15) is 18.4 Å². The molecule has 202 valence electrons. The number of halogens is 3. The molecule has 1 unspecified atom stereocenters. The second-order valence-electron chi connectivity index (χ2n) is 10.2. The molecule has 1 aliphatic heterocycles. The zero-order valence-electron chi connectivity index (χ0n) is 21.5. The Kier molecular flexibility index (Phi) is 7.87. The Morgan fingerprint density at radius 3 is 2.61 bits per heavy atom. The summed E-state index contributed by atoms with van der Waals surface area (Å²) in [5.74, 6) is 0.841. The van der Waals surface area contributed by atoms with Gasteiger partial charge in [0.1, 0.15) is 11.7 Å². The standard InChI is InChI=1S/C26H31F3N8O/c1-14(2)8-21(31)24(38)37-6-4-16(5-7-37)15(3)35-25-34-11-17(10-30)22(36-25)20-13-33-23-19(20)9-18(12-32-23)26(27,28)29/h9,11-16,21H,4-8,31H2,1-3H3,(H,32,33)(H,34,35,36)/t15-,21?/m1/s1. The topological polar surface area (TPSA) is 137 Å². The molecule has 9 nitrogen and oxygen atoms in total. The minimum Gasteiger partial charge on any atom is -0.351 e. The summed E-state index contributed by atoms with van der Waals surface area (Å²) < 4.78 is 39.8. The average Bonchev–Trinajstić information content (AvgIpc) is 3.30. The van der Waals surface area contributed by atoms with Crippen molar-refractivity contribution in [1.82, 2.24) is 24.8 Å². The maximum absolute atomic E-state index is 13.3. The molecule has 3 aromatic heterocycles. The van der Waals surface area contributed by atoms with Gasteiger partial charge in [0.15, 0.2) is 0 Å². The number of rotatable bonds is 7. The molecule has 1 aliphatic rings. The zero-order valence-corrected chi connectivity index (χ0v) is 21.5. The number of nitriles is 1. The normalized spacial score (nSPS) is 16.4. The summed E-state index contributed by atoms with van der Waals surface area (Å²) >= 11 is 0. The molecule has 12 heteroatoms. The van der Waals surface area contributed by atoms with E-state index < -0.39 is 17.8 Å². The highest BCUT2D eigenvalue weighted by Gasteiger charge is 2.32. The minimum atomic E-state index is -4.55. The molecule has 4 N–H and O–H groups in total. The first-order valence-corrected chi connectivity index (χ1v) is 12.6. The van der Waals surface area contributed by atoms with Crippen molar-refractivity contribution in [3.8, 4) is 17.3 Å². The number of nitrogens with zero attached hydrogens (tertiary/aromatic N) is 5. The largest absolute Gasteiger partial charge is 0.417 e. The van der Waals surface area contributed by atoms with E-state index in [1.807, 2.05) is 31.7 Å². The number of fused-ring (bicyclic) bond motifs is 1. The number of H-pyrrole nitrogens is 1. The SMILES string of the molecule is CC(C)CC(N)C(=O)N1CCC([C@@H](C)Nc2ncc(C#N)c(-c3c[nH]c4ncc(C(F)(F)F)cc34)n2)CC1. The molecule has 1 amide bonds. The van der Waals surface area contributed by atoms with Gasteiger partial charge in [-0.25, -0.2) is 15.0 Å². The number of carbonyl (C=O) groups is 1. The highest BCUT2D eigenvalue weighted by atomic mass is 19.4. The van der Waals surface area contributed by atoms with Gasteiger partial charge in [0, 0.05) is 42.5 Å². The van der Waals surface area contributed by atoms with Crippen LogP contribution < -0.4 is 11.1 Å². The molecule has 38 heavy (non-hydrogen) atoms. The molecule has 0 spiro atoms. The smallest absolute Gasteiger partial charge is 0.351 e. The second kappa shape index (κ2) is 10.9. The lowest BCUT2D eigenvalue weighted by Crippen LogP contribution is -2.49. The summed E-state index contributed by atoms with van der Waals surface area (Å²) in [6, 6.07) is 2.48. The number of likely N-dealkylation sites (tertiary alicyclic amines) is 1. The molecule has 0 bridgehead atoms. The van der Waals surface area contributed by atoms with Gasteiger partial charge in [-0.15, -0.1) is 0 Å². The number of pyridine rings is 1. The highest BCUT2D eigenvalue weighted by molar-refractivity contribution is 5.94. The Morgan fingerprint density at radius 1 is 1.26 bits per heavy atom.